The van der Waals surface area contributed by atoms with E-state index in [0.29, 0.717) is 5.69 Å². The summed E-state index contributed by atoms with van der Waals surface area (Å²) >= 11 is 0. The smallest absolute Gasteiger partial charge is 0.158 e. The molecule has 17 heavy (non-hydrogen) atoms. The number of hydrogen-bond donors (Lipinski definition) is 2. The molecule has 92 valence electrons. The Morgan fingerprint density at radius 2 is 2.06 bits per heavy atom. The molecule has 1 aliphatic rings. The first-order valence-corrected chi connectivity index (χ1v) is 6.12. The quantitative estimate of drug-likeness (QED) is 0.610. The van der Waals surface area contributed by atoms with Crippen LogP contribution in [0.4, 0.5) is 5.82 Å². The number of nitrogens with two attached hydrogens (primary N) is 1. The van der Waals surface area contributed by atoms with Crippen molar-refractivity contribution in [2.75, 3.05) is 18.0 Å². The molecule has 1 fully saturated rings. The number of hydrogen-bond acceptors (Lipinski definition) is 4. The molecule has 3 N–H and O–H groups in total. The van der Waals surface area contributed by atoms with Crippen molar-refractivity contribution in [3.63, 3.8) is 0 Å². The van der Waals surface area contributed by atoms with Gasteiger partial charge in [0.2, 0.25) is 0 Å². The van der Waals surface area contributed by atoms with Crippen molar-refractivity contribution in [2.24, 2.45) is 11.7 Å². The Bertz CT molecular complexity index is 396. The lowest BCUT2D eigenvalue weighted by molar-refractivity contribution is 0.393. The van der Waals surface area contributed by atoms with Crippen LogP contribution < -0.4 is 10.6 Å². The molecular weight excluding hydrogens is 214 g/mol. The van der Waals surface area contributed by atoms with Gasteiger partial charge in [-0.3, -0.25) is 5.41 Å². The zero-order chi connectivity index (χ0) is 12.3. The highest BCUT2D eigenvalue weighted by atomic mass is 15.2. The Balaban J connectivity index is 2.15. The zero-order valence-corrected chi connectivity index (χ0v) is 10.2. The standard InChI is InChI=1S/C12H19N5/c1-2-9-3-7-17(8-4-9)12-10(11(13)14)15-5-6-16-12/h5-6,9H,2-4,7-8H2,1H3,(H3,13,14). The van der Waals surface area contributed by atoms with Gasteiger partial charge < -0.3 is 10.6 Å². The van der Waals surface area contributed by atoms with E-state index in [1.54, 1.807) is 12.4 Å². The van der Waals surface area contributed by atoms with Gasteiger partial charge in [0.25, 0.3) is 0 Å². The molecule has 2 heterocycles. The summed E-state index contributed by atoms with van der Waals surface area (Å²) in [7, 11) is 0. The van der Waals surface area contributed by atoms with E-state index in [-0.39, 0.29) is 5.84 Å². The number of rotatable bonds is 3. The van der Waals surface area contributed by atoms with Crippen LogP contribution in [0.2, 0.25) is 0 Å². The van der Waals surface area contributed by atoms with E-state index in [0.717, 1.165) is 24.8 Å². The lowest BCUT2D eigenvalue weighted by Gasteiger charge is -2.32. The summed E-state index contributed by atoms with van der Waals surface area (Å²) in [5.74, 6) is 1.57. The Labute approximate surface area is 102 Å². The van der Waals surface area contributed by atoms with Crippen molar-refractivity contribution < 1.29 is 0 Å². The van der Waals surface area contributed by atoms with Crippen LogP contribution in [-0.4, -0.2) is 28.9 Å². The fraction of sp³-hybridized carbons (Fsp3) is 0.583. The number of anilines is 1. The maximum Gasteiger partial charge on any atom is 0.158 e. The molecule has 0 aliphatic carbocycles. The second kappa shape index (κ2) is 5.12. The molecule has 0 saturated carbocycles. The van der Waals surface area contributed by atoms with Crippen LogP contribution in [0, 0.1) is 11.3 Å². The van der Waals surface area contributed by atoms with Gasteiger partial charge in [0.15, 0.2) is 5.82 Å². The molecule has 1 aromatic heterocycles. The first kappa shape index (κ1) is 11.8. The number of nitrogens with zero attached hydrogens (tertiary/aromatic N) is 3. The van der Waals surface area contributed by atoms with Crippen molar-refractivity contribution in [1.29, 1.82) is 5.41 Å². The van der Waals surface area contributed by atoms with Gasteiger partial charge in [0, 0.05) is 25.5 Å². The van der Waals surface area contributed by atoms with E-state index in [9.17, 15) is 0 Å². The summed E-state index contributed by atoms with van der Waals surface area (Å²) in [6, 6.07) is 0. The second-order valence-electron chi connectivity index (χ2n) is 4.48. The summed E-state index contributed by atoms with van der Waals surface area (Å²) in [6.07, 6.45) is 6.86. The van der Waals surface area contributed by atoms with Crippen LogP contribution in [0.15, 0.2) is 12.4 Å². The summed E-state index contributed by atoms with van der Waals surface area (Å²) in [6.45, 7) is 4.21. The molecule has 0 spiro atoms. The SMILES string of the molecule is CCC1CCN(c2nccnc2C(=N)N)CC1. The van der Waals surface area contributed by atoms with Gasteiger partial charge in [-0.05, 0) is 18.8 Å². The number of aromatic nitrogens is 2. The van der Waals surface area contributed by atoms with E-state index in [2.05, 4.69) is 21.8 Å². The van der Waals surface area contributed by atoms with Gasteiger partial charge in [0.1, 0.15) is 11.5 Å². The molecule has 0 atom stereocenters. The van der Waals surface area contributed by atoms with Gasteiger partial charge in [-0.25, -0.2) is 9.97 Å². The monoisotopic (exact) mass is 233 g/mol. The highest BCUT2D eigenvalue weighted by Crippen LogP contribution is 2.24. The minimum absolute atomic E-state index is 0.00860. The van der Waals surface area contributed by atoms with Crippen molar-refractivity contribution in [2.45, 2.75) is 26.2 Å². The Morgan fingerprint density at radius 1 is 1.41 bits per heavy atom. The van der Waals surface area contributed by atoms with Crippen molar-refractivity contribution in [1.82, 2.24) is 9.97 Å². The molecule has 1 aromatic rings. The van der Waals surface area contributed by atoms with Crippen LogP contribution in [-0.2, 0) is 0 Å². The van der Waals surface area contributed by atoms with E-state index < -0.39 is 0 Å². The van der Waals surface area contributed by atoms with Crippen LogP contribution in [0.3, 0.4) is 0 Å². The molecule has 2 rings (SSSR count). The Hall–Kier alpha value is -1.65. The van der Waals surface area contributed by atoms with E-state index in [1.165, 1.54) is 19.3 Å². The Morgan fingerprint density at radius 3 is 2.65 bits per heavy atom. The largest absolute Gasteiger partial charge is 0.382 e. The first-order valence-electron chi connectivity index (χ1n) is 6.12. The average Bonchev–Trinajstić information content (AvgIpc) is 2.39. The summed E-state index contributed by atoms with van der Waals surface area (Å²) < 4.78 is 0. The molecular formula is C12H19N5. The van der Waals surface area contributed by atoms with Crippen LogP contribution in [0.25, 0.3) is 0 Å². The lowest BCUT2D eigenvalue weighted by atomic mass is 9.94. The first-order chi connectivity index (χ1) is 8.22. The minimum Gasteiger partial charge on any atom is -0.382 e. The lowest BCUT2D eigenvalue weighted by Crippen LogP contribution is -2.36. The third kappa shape index (κ3) is 2.54. The molecule has 0 amide bonds. The highest BCUT2D eigenvalue weighted by molar-refractivity contribution is 5.97. The third-order valence-corrected chi connectivity index (χ3v) is 3.43. The number of nitrogen functional groups attached to an aromatic ring is 1. The normalized spacial score (nSPS) is 17.1. The molecule has 5 nitrogen and oxygen atoms in total. The maximum atomic E-state index is 7.52. The summed E-state index contributed by atoms with van der Waals surface area (Å²) in [5.41, 5.74) is 6.03. The van der Waals surface area contributed by atoms with Crippen molar-refractivity contribution in [3.8, 4) is 0 Å². The van der Waals surface area contributed by atoms with Gasteiger partial charge in [-0.1, -0.05) is 13.3 Å². The molecule has 5 heteroatoms. The van der Waals surface area contributed by atoms with Crippen molar-refractivity contribution in [3.05, 3.63) is 18.1 Å². The number of piperidine rings is 1. The van der Waals surface area contributed by atoms with Gasteiger partial charge >= 0.3 is 0 Å². The molecule has 0 aromatic carbocycles. The number of nitrogens with one attached hydrogen (secondary N) is 1. The summed E-state index contributed by atoms with van der Waals surface area (Å²) in [4.78, 5) is 10.6. The summed E-state index contributed by atoms with van der Waals surface area (Å²) in [5, 5.41) is 7.52. The van der Waals surface area contributed by atoms with E-state index in [4.69, 9.17) is 11.1 Å². The maximum absolute atomic E-state index is 7.52. The fourth-order valence-electron chi connectivity index (χ4n) is 2.31. The molecule has 0 bridgehead atoms. The zero-order valence-electron chi connectivity index (χ0n) is 10.2. The predicted octanol–water partition coefficient (Wildman–Crippen LogP) is 1.39. The van der Waals surface area contributed by atoms with Crippen molar-refractivity contribution >= 4 is 11.7 Å². The molecule has 1 saturated heterocycles. The minimum atomic E-state index is -0.00860. The molecule has 0 radical (unpaired) electrons. The second-order valence-corrected chi connectivity index (χ2v) is 4.48. The van der Waals surface area contributed by atoms with E-state index >= 15 is 0 Å². The predicted molar refractivity (Wildman–Crippen MR) is 68.3 cm³/mol. The fourth-order valence-corrected chi connectivity index (χ4v) is 2.31. The third-order valence-electron chi connectivity index (χ3n) is 3.43. The molecule has 0 unspecified atom stereocenters. The molecule has 1 aliphatic heterocycles. The number of amidine groups is 1. The van der Waals surface area contributed by atoms with Crippen LogP contribution >= 0.6 is 0 Å². The Kier molecular flexibility index (Phi) is 3.56. The highest BCUT2D eigenvalue weighted by Gasteiger charge is 2.21. The van der Waals surface area contributed by atoms with Gasteiger partial charge in [0.05, 0.1) is 0 Å². The van der Waals surface area contributed by atoms with Crippen LogP contribution in [0.1, 0.15) is 31.9 Å². The van der Waals surface area contributed by atoms with Crippen LogP contribution in [0.5, 0.6) is 0 Å². The van der Waals surface area contributed by atoms with E-state index in [1.807, 2.05) is 0 Å². The average molecular weight is 233 g/mol. The van der Waals surface area contributed by atoms with Gasteiger partial charge in [-0.15, -0.1) is 0 Å². The van der Waals surface area contributed by atoms with Gasteiger partial charge in [-0.2, -0.15) is 0 Å². The topological polar surface area (TPSA) is 78.9 Å².